The molecule has 2 atom stereocenters. The lowest BCUT2D eigenvalue weighted by atomic mass is 10.1. The smallest absolute Gasteiger partial charge is 0.0399 e. The number of anilines is 1. The van der Waals surface area contributed by atoms with Gasteiger partial charge in [0.1, 0.15) is 0 Å². The molecule has 0 bridgehead atoms. The Balaban J connectivity index is 1.37. The summed E-state index contributed by atoms with van der Waals surface area (Å²) in [6.07, 6.45) is 8.09. The average Bonchev–Trinajstić information content (AvgIpc) is 3.10. The van der Waals surface area contributed by atoms with E-state index < -0.39 is 0 Å². The molecule has 0 amide bonds. The van der Waals surface area contributed by atoms with E-state index in [1.165, 1.54) is 69.4 Å². The molecule has 3 rings (SSSR count). The van der Waals surface area contributed by atoms with Crippen LogP contribution in [-0.4, -0.2) is 25.7 Å². The van der Waals surface area contributed by atoms with Gasteiger partial charge in [-0.1, -0.05) is 31.5 Å². The van der Waals surface area contributed by atoms with Crippen LogP contribution in [0.25, 0.3) is 0 Å². The summed E-state index contributed by atoms with van der Waals surface area (Å²) in [4.78, 5) is 2.56. The number of benzene rings is 1. The summed E-state index contributed by atoms with van der Waals surface area (Å²) < 4.78 is 0. The van der Waals surface area contributed by atoms with Crippen molar-refractivity contribution in [1.29, 1.82) is 0 Å². The van der Waals surface area contributed by atoms with Crippen molar-refractivity contribution in [1.82, 2.24) is 5.32 Å². The minimum atomic E-state index is 0.797. The molecule has 110 valence electrons. The molecule has 0 spiro atoms. The zero-order valence-electron chi connectivity index (χ0n) is 12.8. The van der Waals surface area contributed by atoms with Crippen LogP contribution in [0.3, 0.4) is 0 Å². The van der Waals surface area contributed by atoms with Gasteiger partial charge in [0.2, 0.25) is 0 Å². The quantitative estimate of drug-likeness (QED) is 0.796. The predicted octanol–water partition coefficient (Wildman–Crippen LogP) is 3.61. The van der Waals surface area contributed by atoms with E-state index in [2.05, 4.69) is 41.4 Å². The molecule has 2 aliphatic rings. The first-order valence-corrected chi connectivity index (χ1v) is 8.43. The van der Waals surface area contributed by atoms with Crippen molar-refractivity contribution >= 4 is 5.69 Å². The predicted molar refractivity (Wildman–Crippen MR) is 86.4 cm³/mol. The Morgan fingerprint density at radius 2 is 2.15 bits per heavy atom. The van der Waals surface area contributed by atoms with E-state index in [0.717, 1.165) is 12.0 Å². The first kappa shape index (κ1) is 13.9. The first-order valence-electron chi connectivity index (χ1n) is 8.43. The zero-order chi connectivity index (χ0) is 13.8. The van der Waals surface area contributed by atoms with Gasteiger partial charge in [0.25, 0.3) is 0 Å². The minimum absolute atomic E-state index is 0.797. The fraction of sp³-hybridized carbons (Fsp3) is 0.667. The highest BCUT2D eigenvalue weighted by molar-refractivity contribution is 5.57. The van der Waals surface area contributed by atoms with E-state index in [1.54, 1.807) is 0 Å². The number of para-hydroxylation sites is 1. The summed E-state index contributed by atoms with van der Waals surface area (Å²) >= 11 is 0. The molecule has 2 heteroatoms. The molecule has 0 aromatic heterocycles. The summed E-state index contributed by atoms with van der Waals surface area (Å²) in [5, 5.41) is 3.77. The summed E-state index contributed by atoms with van der Waals surface area (Å²) in [5.41, 5.74) is 3.00. The highest BCUT2D eigenvalue weighted by Gasteiger charge is 2.22. The van der Waals surface area contributed by atoms with Gasteiger partial charge in [0.15, 0.2) is 0 Å². The van der Waals surface area contributed by atoms with Crippen LogP contribution in [0.5, 0.6) is 0 Å². The average molecular weight is 272 g/mol. The number of nitrogens with zero attached hydrogens (tertiary/aromatic N) is 1. The van der Waals surface area contributed by atoms with Crippen LogP contribution in [-0.2, 0) is 6.42 Å². The van der Waals surface area contributed by atoms with Crippen molar-refractivity contribution in [2.45, 2.75) is 51.5 Å². The Labute approximate surface area is 123 Å². The molecule has 1 fully saturated rings. The zero-order valence-corrected chi connectivity index (χ0v) is 12.8. The Morgan fingerprint density at radius 3 is 3.00 bits per heavy atom. The van der Waals surface area contributed by atoms with Crippen LogP contribution < -0.4 is 10.2 Å². The van der Waals surface area contributed by atoms with Crippen molar-refractivity contribution in [3.05, 3.63) is 29.8 Å². The van der Waals surface area contributed by atoms with Gasteiger partial charge in [0, 0.05) is 24.8 Å². The van der Waals surface area contributed by atoms with Gasteiger partial charge >= 0.3 is 0 Å². The minimum Gasteiger partial charge on any atom is -0.371 e. The van der Waals surface area contributed by atoms with Crippen molar-refractivity contribution in [2.75, 3.05) is 24.5 Å². The third-order valence-electron chi connectivity index (χ3n) is 5.14. The van der Waals surface area contributed by atoms with Crippen molar-refractivity contribution in [2.24, 2.45) is 5.92 Å². The van der Waals surface area contributed by atoms with Crippen LogP contribution in [0, 0.1) is 5.92 Å². The second-order valence-corrected chi connectivity index (χ2v) is 6.46. The Bertz CT molecular complexity index is 429. The fourth-order valence-corrected chi connectivity index (χ4v) is 3.85. The Hall–Kier alpha value is -1.02. The molecule has 0 saturated heterocycles. The van der Waals surface area contributed by atoms with Gasteiger partial charge in [-0.2, -0.15) is 0 Å². The largest absolute Gasteiger partial charge is 0.371 e. The third kappa shape index (κ3) is 3.17. The molecule has 1 N–H and O–H groups in total. The van der Waals surface area contributed by atoms with E-state index >= 15 is 0 Å². The molecule has 1 heterocycles. The number of nitrogens with one attached hydrogen (secondary N) is 1. The monoisotopic (exact) mass is 272 g/mol. The first-order chi connectivity index (χ1) is 9.86. The van der Waals surface area contributed by atoms with E-state index in [1.807, 2.05) is 0 Å². The van der Waals surface area contributed by atoms with Gasteiger partial charge < -0.3 is 10.2 Å². The van der Waals surface area contributed by atoms with Gasteiger partial charge in [-0.25, -0.2) is 0 Å². The third-order valence-corrected chi connectivity index (χ3v) is 5.14. The molecule has 1 aliphatic heterocycles. The molecular formula is C18H28N2. The summed E-state index contributed by atoms with van der Waals surface area (Å²) in [5.74, 6) is 0.984. The Kier molecular flexibility index (Phi) is 4.62. The molecule has 0 radical (unpaired) electrons. The topological polar surface area (TPSA) is 15.3 Å². The highest BCUT2D eigenvalue weighted by Crippen LogP contribution is 2.28. The molecular weight excluding hydrogens is 244 g/mol. The lowest BCUT2D eigenvalue weighted by molar-refractivity contribution is 0.473. The molecule has 1 aromatic rings. The van der Waals surface area contributed by atoms with Crippen LogP contribution >= 0.6 is 0 Å². The van der Waals surface area contributed by atoms with E-state index in [-0.39, 0.29) is 0 Å². The maximum atomic E-state index is 3.77. The van der Waals surface area contributed by atoms with E-state index in [4.69, 9.17) is 0 Å². The van der Waals surface area contributed by atoms with Gasteiger partial charge in [-0.3, -0.25) is 0 Å². The summed E-state index contributed by atoms with van der Waals surface area (Å²) in [6.45, 7) is 5.92. The van der Waals surface area contributed by atoms with Gasteiger partial charge in [0.05, 0.1) is 0 Å². The molecule has 1 saturated carbocycles. The van der Waals surface area contributed by atoms with Crippen molar-refractivity contribution in [3.8, 4) is 0 Å². The fourth-order valence-electron chi connectivity index (χ4n) is 3.85. The number of hydrogen-bond donors (Lipinski definition) is 1. The summed E-state index contributed by atoms with van der Waals surface area (Å²) in [7, 11) is 0. The van der Waals surface area contributed by atoms with E-state index in [9.17, 15) is 0 Å². The molecule has 2 nitrogen and oxygen atoms in total. The Morgan fingerprint density at radius 1 is 1.25 bits per heavy atom. The molecule has 1 aromatic carbocycles. The van der Waals surface area contributed by atoms with E-state index in [0.29, 0.717) is 0 Å². The van der Waals surface area contributed by atoms with Crippen LogP contribution in [0.15, 0.2) is 24.3 Å². The molecule has 2 unspecified atom stereocenters. The molecule has 20 heavy (non-hydrogen) atoms. The number of rotatable bonds is 6. The number of hydrogen-bond acceptors (Lipinski definition) is 2. The maximum absolute atomic E-state index is 3.77. The second-order valence-electron chi connectivity index (χ2n) is 6.46. The maximum Gasteiger partial charge on any atom is 0.0399 e. The van der Waals surface area contributed by atoms with Gasteiger partial charge in [-0.15, -0.1) is 0 Å². The molecule has 1 aliphatic carbocycles. The van der Waals surface area contributed by atoms with Gasteiger partial charge in [-0.05, 0) is 56.2 Å². The summed E-state index contributed by atoms with van der Waals surface area (Å²) in [6, 6.07) is 9.67. The van der Waals surface area contributed by atoms with Crippen molar-refractivity contribution in [3.63, 3.8) is 0 Å². The SMILES string of the molecule is CCC1CCC(NCCCN2CCc3ccccc32)C1. The lowest BCUT2D eigenvalue weighted by Crippen LogP contribution is -2.30. The highest BCUT2D eigenvalue weighted by atomic mass is 15.1. The standard InChI is InChI=1S/C18H28N2/c1-2-15-8-9-17(14-15)19-11-5-12-20-13-10-16-6-3-4-7-18(16)20/h3-4,6-7,15,17,19H,2,5,8-14H2,1H3. The van der Waals surface area contributed by atoms with Crippen molar-refractivity contribution < 1.29 is 0 Å². The normalized spacial score (nSPS) is 25.1. The van der Waals surface area contributed by atoms with Crippen LogP contribution in [0.1, 0.15) is 44.6 Å². The lowest BCUT2D eigenvalue weighted by Gasteiger charge is -2.20. The van der Waals surface area contributed by atoms with Crippen LogP contribution in [0.2, 0.25) is 0 Å². The second kappa shape index (κ2) is 6.62. The number of fused-ring (bicyclic) bond motifs is 1. The van der Waals surface area contributed by atoms with Crippen LogP contribution in [0.4, 0.5) is 5.69 Å².